The predicted molar refractivity (Wildman–Crippen MR) is 98.9 cm³/mol. The van der Waals surface area contributed by atoms with Crippen molar-refractivity contribution in [2.45, 2.75) is 6.54 Å². The second-order valence-electron chi connectivity index (χ2n) is 6.32. The van der Waals surface area contributed by atoms with Gasteiger partial charge in [0.2, 0.25) is 0 Å². The summed E-state index contributed by atoms with van der Waals surface area (Å²) in [7, 11) is 0. The van der Waals surface area contributed by atoms with Crippen LogP contribution in [0.4, 0.5) is 0 Å². The molecule has 1 aliphatic heterocycles. The highest BCUT2D eigenvalue weighted by Gasteiger charge is 2.18. The van der Waals surface area contributed by atoms with Crippen molar-refractivity contribution in [1.29, 1.82) is 0 Å². The van der Waals surface area contributed by atoms with Crippen molar-refractivity contribution in [2.24, 2.45) is 0 Å². The van der Waals surface area contributed by atoms with E-state index in [1.54, 1.807) is 47.5 Å². The van der Waals surface area contributed by atoms with Gasteiger partial charge < -0.3 is 14.6 Å². The number of fused-ring (bicyclic) bond motifs is 1. The number of aromatic nitrogens is 3. The van der Waals surface area contributed by atoms with Crippen LogP contribution in [0.2, 0.25) is 0 Å². The van der Waals surface area contributed by atoms with Gasteiger partial charge in [0.05, 0.1) is 25.3 Å². The first kappa shape index (κ1) is 17.2. The van der Waals surface area contributed by atoms with Crippen LogP contribution >= 0.6 is 0 Å². The number of carbonyl (C=O) groups excluding carboxylic acids is 1. The van der Waals surface area contributed by atoms with E-state index in [0.717, 1.165) is 5.56 Å². The molecule has 3 aromatic rings. The number of nitrogens with zero attached hydrogens (tertiary/aromatic N) is 3. The third kappa shape index (κ3) is 3.39. The first-order valence-corrected chi connectivity index (χ1v) is 8.67. The lowest BCUT2D eigenvalue weighted by Gasteiger charge is -2.26. The van der Waals surface area contributed by atoms with E-state index in [9.17, 15) is 14.4 Å². The van der Waals surface area contributed by atoms with Gasteiger partial charge in [-0.15, -0.1) is 0 Å². The Bertz CT molecular complexity index is 1100. The zero-order chi connectivity index (χ0) is 18.8. The highest BCUT2D eigenvalue weighted by Crippen LogP contribution is 2.12. The van der Waals surface area contributed by atoms with Crippen LogP contribution in [0.25, 0.3) is 11.2 Å². The number of aromatic amines is 1. The van der Waals surface area contributed by atoms with Gasteiger partial charge in [-0.05, 0) is 29.8 Å². The van der Waals surface area contributed by atoms with Crippen LogP contribution in [0.3, 0.4) is 0 Å². The zero-order valence-corrected chi connectivity index (χ0v) is 14.6. The largest absolute Gasteiger partial charge is 0.378 e. The molecule has 0 radical (unpaired) electrons. The summed E-state index contributed by atoms with van der Waals surface area (Å²) in [5.41, 5.74) is 0.955. The molecule has 0 saturated carbocycles. The third-order valence-corrected chi connectivity index (χ3v) is 4.57. The molecule has 1 amide bonds. The smallest absolute Gasteiger partial charge is 0.318 e. The fraction of sp³-hybridized carbons (Fsp3) is 0.263. The van der Waals surface area contributed by atoms with Gasteiger partial charge in [0, 0.05) is 24.8 Å². The van der Waals surface area contributed by atoms with Crippen LogP contribution in [0.1, 0.15) is 15.9 Å². The van der Waals surface area contributed by atoms with Gasteiger partial charge in [0.15, 0.2) is 5.65 Å². The van der Waals surface area contributed by atoms with E-state index in [2.05, 4.69) is 9.97 Å². The summed E-state index contributed by atoms with van der Waals surface area (Å²) < 4.78 is 6.61. The monoisotopic (exact) mass is 366 g/mol. The van der Waals surface area contributed by atoms with E-state index in [-0.39, 0.29) is 12.5 Å². The minimum Gasteiger partial charge on any atom is -0.378 e. The van der Waals surface area contributed by atoms with Gasteiger partial charge in [0.1, 0.15) is 0 Å². The number of pyridine rings is 1. The molecule has 2 aromatic heterocycles. The molecule has 8 heteroatoms. The second-order valence-corrected chi connectivity index (χ2v) is 6.32. The number of amides is 1. The molecule has 1 aliphatic rings. The molecule has 1 fully saturated rings. The number of hydrogen-bond donors (Lipinski definition) is 1. The van der Waals surface area contributed by atoms with E-state index >= 15 is 0 Å². The standard InChI is InChI=1S/C19H18N4O4/c24-17-19(26)23(16-15(21-17)2-1-7-20-16)12-13-3-5-14(6-4-13)18(25)22-8-10-27-11-9-22/h1-7H,8-12H2,(H,21,24). The number of benzene rings is 1. The minimum atomic E-state index is -0.686. The van der Waals surface area contributed by atoms with Crippen molar-refractivity contribution >= 4 is 17.1 Å². The summed E-state index contributed by atoms with van der Waals surface area (Å²) in [6.45, 7) is 2.47. The Balaban J connectivity index is 1.62. The number of nitrogens with one attached hydrogen (secondary N) is 1. The first-order valence-electron chi connectivity index (χ1n) is 8.67. The molecule has 0 spiro atoms. The summed E-state index contributed by atoms with van der Waals surface area (Å²) >= 11 is 0. The SMILES string of the molecule is O=C(c1ccc(Cn2c(=O)c(=O)[nH]c3cccnc32)cc1)N1CCOCC1. The summed E-state index contributed by atoms with van der Waals surface area (Å²) in [5, 5.41) is 0. The van der Waals surface area contributed by atoms with Crippen LogP contribution < -0.4 is 11.1 Å². The molecule has 0 atom stereocenters. The average Bonchev–Trinajstić information content (AvgIpc) is 2.72. The highest BCUT2D eigenvalue weighted by atomic mass is 16.5. The maximum Gasteiger partial charge on any atom is 0.318 e. The van der Waals surface area contributed by atoms with Crippen LogP contribution in [0.5, 0.6) is 0 Å². The fourth-order valence-electron chi connectivity index (χ4n) is 3.14. The van der Waals surface area contributed by atoms with Crippen LogP contribution in [0, 0.1) is 0 Å². The predicted octanol–water partition coefficient (Wildman–Crippen LogP) is 0.605. The molecule has 0 aliphatic carbocycles. The molecular weight excluding hydrogens is 348 g/mol. The fourth-order valence-corrected chi connectivity index (χ4v) is 3.14. The molecule has 138 valence electrons. The van der Waals surface area contributed by atoms with Gasteiger partial charge in [0.25, 0.3) is 5.91 Å². The van der Waals surface area contributed by atoms with E-state index in [1.807, 2.05) is 0 Å². The lowest BCUT2D eigenvalue weighted by Crippen LogP contribution is -2.40. The number of carbonyl (C=O) groups is 1. The van der Waals surface area contributed by atoms with Gasteiger partial charge in [-0.2, -0.15) is 0 Å². The molecule has 0 unspecified atom stereocenters. The maximum atomic E-state index is 12.5. The molecule has 1 saturated heterocycles. The van der Waals surface area contributed by atoms with Gasteiger partial charge in [-0.25, -0.2) is 4.98 Å². The molecule has 1 aromatic carbocycles. The Morgan fingerprint density at radius 2 is 1.85 bits per heavy atom. The molecule has 8 nitrogen and oxygen atoms in total. The topological polar surface area (TPSA) is 97.3 Å². The second kappa shape index (κ2) is 7.16. The van der Waals surface area contributed by atoms with Crippen molar-refractivity contribution in [3.63, 3.8) is 0 Å². The Hall–Kier alpha value is -3.26. The van der Waals surface area contributed by atoms with Gasteiger partial charge in [-0.1, -0.05) is 12.1 Å². The van der Waals surface area contributed by atoms with E-state index < -0.39 is 11.1 Å². The van der Waals surface area contributed by atoms with E-state index in [0.29, 0.717) is 43.0 Å². The number of ether oxygens (including phenoxy) is 1. The third-order valence-electron chi connectivity index (χ3n) is 4.57. The van der Waals surface area contributed by atoms with Gasteiger partial charge in [-0.3, -0.25) is 19.0 Å². The number of rotatable bonds is 3. The maximum absolute atomic E-state index is 12.5. The zero-order valence-electron chi connectivity index (χ0n) is 14.6. The number of hydrogen-bond acceptors (Lipinski definition) is 5. The Labute approximate surface area is 154 Å². The average molecular weight is 366 g/mol. The highest BCUT2D eigenvalue weighted by molar-refractivity contribution is 5.94. The Morgan fingerprint density at radius 3 is 2.59 bits per heavy atom. The van der Waals surface area contributed by atoms with Crippen LogP contribution in [-0.2, 0) is 11.3 Å². The normalized spacial score (nSPS) is 14.4. The van der Waals surface area contributed by atoms with Crippen molar-refractivity contribution in [2.75, 3.05) is 26.3 Å². The molecule has 4 rings (SSSR count). The molecule has 1 N–H and O–H groups in total. The molecule has 3 heterocycles. The van der Waals surface area contributed by atoms with Crippen molar-refractivity contribution in [3.8, 4) is 0 Å². The number of morpholine rings is 1. The molecular formula is C19H18N4O4. The van der Waals surface area contributed by atoms with Crippen molar-refractivity contribution in [1.82, 2.24) is 19.4 Å². The minimum absolute atomic E-state index is 0.0368. The van der Waals surface area contributed by atoms with Crippen molar-refractivity contribution < 1.29 is 9.53 Å². The lowest BCUT2D eigenvalue weighted by molar-refractivity contribution is 0.0303. The van der Waals surface area contributed by atoms with Crippen molar-refractivity contribution in [3.05, 3.63) is 74.4 Å². The number of H-pyrrole nitrogens is 1. The van der Waals surface area contributed by atoms with Gasteiger partial charge >= 0.3 is 11.1 Å². The molecule has 0 bridgehead atoms. The summed E-state index contributed by atoms with van der Waals surface area (Å²) in [6.07, 6.45) is 1.57. The van der Waals surface area contributed by atoms with E-state index in [1.165, 1.54) is 4.57 Å². The lowest BCUT2D eigenvalue weighted by atomic mass is 10.1. The van der Waals surface area contributed by atoms with Crippen LogP contribution in [0.15, 0.2) is 52.2 Å². The van der Waals surface area contributed by atoms with Crippen LogP contribution in [-0.4, -0.2) is 51.6 Å². The quantitative estimate of drug-likeness (QED) is 0.685. The summed E-state index contributed by atoms with van der Waals surface area (Å²) in [4.78, 5) is 45.2. The summed E-state index contributed by atoms with van der Waals surface area (Å²) in [5.74, 6) is -0.0368. The van der Waals surface area contributed by atoms with E-state index in [4.69, 9.17) is 4.74 Å². The Morgan fingerprint density at radius 1 is 1.11 bits per heavy atom. The summed E-state index contributed by atoms with van der Waals surface area (Å²) in [6, 6.07) is 10.4. The molecule has 27 heavy (non-hydrogen) atoms. The first-order chi connectivity index (χ1) is 13.1. The Kier molecular flexibility index (Phi) is 4.55.